The summed E-state index contributed by atoms with van der Waals surface area (Å²) >= 11 is 0. The highest BCUT2D eigenvalue weighted by atomic mass is 19.4. The Morgan fingerprint density at radius 1 is 1.15 bits per heavy atom. The van der Waals surface area contributed by atoms with Crippen molar-refractivity contribution < 1.29 is 18.0 Å². The molecule has 8 nitrogen and oxygen atoms in total. The van der Waals surface area contributed by atoms with Crippen LogP contribution in [-0.2, 0) is 17.4 Å². The average molecular weight is 546 g/mol. The summed E-state index contributed by atoms with van der Waals surface area (Å²) in [5, 5.41) is 5.97. The van der Waals surface area contributed by atoms with Crippen LogP contribution in [-0.4, -0.2) is 77.5 Å². The maximum absolute atomic E-state index is 13.7. The number of alkyl halides is 3. The van der Waals surface area contributed by atoms with Gasteiger partial charge in [-0.3, -0.25) is 9.69 Å². The lowest BCUT2D eigenvalue weighted by molar-refractivity contribution is -0.156. The Balaban J connectivity index is 1.27. The van der Waals surface area contributed by atoms with Crippen molar-refractivity contribution in [3.63, 3.8) is 0 Å². The number of aromatic nitrogens is 2. The van der Waals surface area contributed by atoms with Crippen LogP contribution < -0.4 is 15.5 Å². The fraction of sp³-hybridized carbons (Fsp3) is 0.607. The van der Waals surface area contributed by atoms with Gasteiger partial charge in [-0.2, -0.15) is 18.2 Å². The molecule has 2 atom stereocenters. The first-order valence-corrected chi connectivity index (χ1v) is 13.8. The second kappa shape index (κ2) is 10.5. The molecule has 2 N–H and O–H groups in total. The molecule has 0 saturated carbocycles. The van der Waals surface area contributed by atoms with Crippen molar-refractivity contribution in [3.05, 3.63) is 35.5 Å². The van der Waals surface area contributed by atoms with E-state index in [0.717, 1.165) is 37.0 Å². The number of hydrogen-bond acceptors (Lipinski definition) is 7. The largest absolute Gasteiger partial charge is 0.421 e. The van der Waals surface area contributed by atoms with Gasteiger partial charge >= 0.3 is 6.18 Å². The maximum Gasteiger partial charge on any atom is 0.421 e. The van der Waals surface area contributed by atoms with Crippen LogP contribution in [0.15, 0.2) is 24.4 Å². The molecule has 3 aliphatic heterocycles. The van der Waals surface area contributed by atoms with E-state index in [0.29, 0.717) is 31.6 Å². The summed E-state index contributed by atoms with van der Waals surface area (Å²) < 4.78 is 41.0. The number of β-lactam (4-membered cyclic amide) rings is 1. The summed E-state index contributed by atoms with van der Waals surface area (Å²) in [6, 6.07) is 7.35. The summed E-state index contributed by atoms with van der Waals surface area (Å²) in [5.74, 6) is -0.0900. The Bertz CT molecular complexity index is 1200. The smallest absolute Gasteiger partial charge is 0.369 e. The van der Waals surface area contributed by atoms with E-state index in [9.17, 15) is 18.0 Å². The highest BCUT2D eigenvalue weighted by Gasteiger charge is 2.43. The summed E-state index contributed by atoms with van der Waals surface area (Å²) in [6.07, 6.45) is -0.0340. The van der Waals surface area contributed by atoms with Crippen LogP contribution in [0.3, 0.4) is 0 Å². The Kier molecular flexibility index (Phi) is 7.39. The minimum absolute atomic E-state index is 0.0738. The van der Waals surface area contributed by atoms with Crippen molar-refractivity contribution >= 4 is 29.0 Å². The van der Waals surface area contributed by atoms with Crippen molar-refractivity contribution in [2.75, 3.05) is 55.3 Å². The summed E-state index contributed by atoms with van der Waals surface area (Å²) in [6.45, 7) is 9.26. The van der Waals surface area contributed by atoms with Crippen molar-refractivity contribution in [1.29, 1.82) is 0 Å². The van der Waals surface area contributed by atoms with Crippen molar-refractivity contribution in [3.8, 4) is 0 Å². The van der Waals surface area contributed by atoms with Crippen LogP contribution in [0.1, 0.15) is 51.2 Å². The fourth-order valence-electron chi connectivity index (χ4n) is 6.03. The van der Waals surface area contributed by atoms with Gasteiger partial charge in [-0.1, -0.05) is 6.92 Å². The minimum atomic E-state index is -4.59. The van der Waals surface area contributed by atoms with Gasteiger partial charge in [-0.15, -0.1) is 0 Å². The number of carbonyl (C=O) groups excluding carboxylic acids is 1. The number of carbonyl (C=O) groups is 1. The molecule has 1 amide bonds. The van der Waals surface area contributed by atoms with Gasteiger partial charge in [0.1, 0.15) is 11.4 Å². The van der Waals surface area contributed by atoms with Crippen LogP contribution in [0.25, 0.3) is 0 Å². The number of nitrogens with one attached hydrogen (secondary N) is 2. The van der Waals surface area contributed by atoms with Crippen LogP contribution >= 0.6 is 0 Å². The number of likely N-dealkylation sites (N-methyl/N-ethyl adjacent to an activating group) is 1. The molecule has 3 saturated heterocycles. The van der Waals surface area contributed by atoms with Crippen LogP contribution in [0.2, 0.25) is 0 Å². The molecule has 4 heterocycles. The highest BCUT2D eigenvalue weighted by molar-refractivity contribution is 5.87. The SMILES string of the molecule is CCc1cc(N2CC3CCC(C2)N3C)ccc1Nc1ncc(C(F)(F)F)c(NCCCN2CC(C)(C)C2=O)n1. The molecule has 11 heteroatoms. The predicted molar refractivity (Wildman–Crippen MR) is 146 cm³/mol. The monoisotopic (exact) mass is 545 g/mol. The topological polar surface area (TPSA) is 76.6 Å². The zero-order chi connectivity index (χ0) is 27.9. The molecule has 0 radical (unpaired) electrons. The normalized spacial score (nSPS) is 22.7. The quantitative estimate of drug-likeness (QED) is 0.348. The van der Waals surface area contributed by atoms with Gasteiger partial charge < -0.3 is 20.4 Å². The molecule has 0 aliphatic carbocycles. The first-order valence-electron chi connectivity index (χ1n) is 13.8. The van der Waals surface area contributed by atoms with Gasteiger partial charge in [0.05, 0.1) is 5.41 Å². The number of halogens is 3. The second-order valence-corrected chi connectivity index (χ2v) is 11.6. The highest BCUT2D eigenvalue weighted by Crippen LogP contribution is 2.36. The van der Waals surface area contributed by atoms with E-state index in [1.807, 2.05) is 19.9 Å². The van der Waals surface area contributed by atoms with Crippen molar-refractivity contribution in [2.24, 2.45) is 5.41 Å². The molecule has 1 aromatic heterocycles. The molecule has 39 heavy (non-hydrogen) atoms. The standard InChI is InChI=1S/C28H38F3N7O/c1-5-18-13-19(38-15-20-7-8-21(16-38)36(20)4)9-10-23(18)34-26-33-14-22(28(29,30)31)24(35-26)32-11-6-12-37-17-27(2,3)25(37)39/h9-10,13-14,20-21H,5-8,11-12,15-17H2,1-4H3,(H2,32,33,34,35). The van der Waals surface area contributed by atoms with Gasteiger partial charge in [0, 0.05) is 62.4 Å². The number of likely N-dealkylation sites (tertiary alicyclic amines) is 1. The number of hydrogen-bond donors (Lipinski definition) is 2. The zero-order valence-corrected chi connectivity index (χ0v) is 23.1. The number of anilines is 4. The molecule has 2 bridgehead atoms. The van der Waals surface area contributed by atoms with E-state index in [1.165, 1.54) is 18.5 Å². The third-order valence-electron chi connectivity index (χ3n) is 8.37. The second-order valence-electron chi connectivity index (χ2n) is 11.6. The van der Waals surface area contributed by atoms with Gasteiger partial charge in [0.15, 0.2) is 0 Å². The molecular formula is C28H38F3N7O. The fourth-order valence-corrected chi connectivity index (χ4v) is 6.03. The van der Waals surface area contributed by atoms with E-state index >= 15 is 0 Å². The van der Waals surface area contributed by atoms with Crippen molar-refractivity contribution in [2.45, 2.75) is 64.7 Å². The third-order valence-corrected chi connectivity index (χ3v) is 8.37. The van der Waals surface area contributed by atoms with E-state index in [1.54, 1.807) is 4.90 Å². The number of aryl methyl sites for hydroxylation is 1. The van der Waals surface area contributed by atoms with Crippen molar-refractivity contribution in [1.82, 2.24) is 19.8 Å². The lowest BCUT2D eigenvalue weighted by Gasteiger charge is -2.44. The van der Waals surface area contributed by atoms with E-state index in [4.69, 9.17) is 0 Å². The first kappa shape index (κ1) is 27.5. The Labute approximate surface area is 228 Å². The lowest BCUT2D eigenvalue weighted by Crippen LogP contribution is -2.58. The summed E-state index contributed by atoms with van der Waals surface area (Å²) in [4.78, 5) is 26.9. The van der Waals surface area contributed by atoms with Crippen LogP contribution in [0.4, 0.5) is 36.3 Å². The minimum Gasteiger partial charge on any atom is -0.369 e. The van der Waals surface area contributed by atoms with E-state index < -0.39 is 11.7 Å². The number of fused-ring (bicyclic) bond motifs is 2. The molecule has 3 aliphatic rings. The molecule has 2 aromatic rings. The number of rotatable bonds is 9. The molecule has 1 aromatic carbocycles. The predicted octanol–water partition coefficient (Wildman–Crippen LogP) is 4.75. The van der Waals surface area contributed by atoms with Gasteiger partial charge in [0.25, 0.3) is 0 Å². The Morgan fingerprint density at radius 3 is 2.49 bits per heavy atom. The molecular weight excluding hydrogens is 507 g/mol. The third kappa shape index (κ3) is 5.64. The molecule has 5 rings (SSSR count). The van der Waals surface area contributed by atoms with E-state index in [-0.39, 0.29) is 29.6 Å². The number of nitrogens with zero attached hydrogens (tertiary/aromatic N) is 5. The average Bonchev–Trinajstić information content (AvgIpc) is 3.09. The number of benzene rings is 1. The molecule has 0 spiro atoms. The van der Waals surface area contributed by atoms with Gasteiger partial charge in [-0.05, 0) is 70.3 Å². The maximum atomic E-state index is 13.7. The molecule has 2 unspecified atom stereocenters. The van der Waals surface area contributed by atoms with Gasteiger partial charge in [-0.25, -0.2) is 4.98 Å². The lowest BCUT2D eigenvalue weighted by atomic mass is 9.83. The number of piperazine rings is 1. The zero-order valence-electron chi connectivity index (χ0n) is 23.1. The first-order chi connectivity index (χ1) is 18.5. The molecule has 212 valence electrons. The Hall–Kier alpha value is -3.08. The van der Waals surface area contributed by atoms with E-state index in [2.05, 4.69) is 56.5 Å². The Morgan fingerprint density at radius 2 is 1.87 bits per heavy atom. The number of amides is 1. The van der Waals surface area contributed by atoms with Gasteiger partial charge in [0.2, 0.25) is 11.9 Å². The van der Waals surface area contributed by atoms with Crippen LogP contribution in [0.5, 0.6) is 0 Å². The molecule has 3 fully saturated rings. The summed E-state index contributed by atoms with van der Waals surface area (Å²) in [7, 11) is 2.21. The van der Waals surface area contributed by atoms with Crippen LogP contribution in [0, 0.1) is 5.41 Å². The summed E-state index contributed by atoms with van der Waals surface area (Å²) in [5.41, 5.74) is 1.75.